The molecule has 0 aliphatic carbocycles. The normalized spacial score (nSPS) is 10.9. The molecule has 0 atom stereocenters. The van der Waals surface area contributed by atoms with Gasteiger partial charge in [-0.15, -0.1) is 0 Å². The molecule has 0 aliphatic rings. The average Bonchev–Trinajstić information content (AvgIpc) is 2.74. The van der Waals surface area contributed by atoms with Crippen LogP contribution in [0.1, 0.15) is 22.8 Å². The minimum absolute atomic E-state index is 0.0136. The molecule has 3 rings (SSSR count). The van der Waals surface area contributed by atoms with Gasteiger partial charge in [-0.1, -0.05) is 30.3 Å². The SMILES string of the molecule is CCS(=O)(=O)Nc1ccc(C(=O)Nc2ccc(OCc3ccccc3)cc2)cc1. The summed E-state index contributed by atoms with van der Waals surface area (Å²) in [7, 11) is -3.34. The third-order valence-electron chi connectivity index (χ3n) is 4.16. The van der Waals surface area contributed by atoms with Crippen LogP contribution in [0.15, 0.2) is 78.9 Å². The van der Waals surface area contributed by atoms with Crippen LogP contribution < -0.4 is 14.8 Å². The number of nitrogens with one attached hydrogen (secondary N) is 2. The van der Waals surface area contributed by atoms with Gasteiger partial charge in [0.15, 0.2) is 0 Å². The van der Waals surface area contributed by atoms with Crippen molar-refractivity contribution in [1.29, 1.82) is 0 Å². The van der Waals surface area contributed by atoms with Crippen molar-refractivity contribution in [3.05, 3.63) is 90.0 Å². The van der Waals surface area contributed by atoms with Gasteiger partial charge in [-0.2, -0.15) is 0 Å². The monoisotopic (exact) mass is 410 g/mol. The maximum Gasteiger partial charge on any atom is 0.255 e. The first-order valence-electron chi connectivity index (χ1n) is 9.14. The van der Waals surface area contributed by atoms with Crippen LogP contribution in [-0.2, 0) is 16.6 Å². The lowest BCUT2D eigenvalue weighted by Gasteiger charge is -2.09. The number of rotatable bonds is 8. The van der Waals surface area contributed by atoms with E-state index in [9.17, 15) is 13.2 Å². The molecule has 0 fully saturated rings. The molecule has 2 N–H and O–H groups in total. The Balaban J connectivity index is 1.56. The molecule has 0 spiro atoms. The lowest BCUT2D eigenvalue weighted by Crippen LogP contribution is -2.15. The maximum atomic E-state index is 12.4. The second-order valence-corrected chi connectivity index (χ2v) is 8.35. The summed E-state index contributed by atoms with van der Waals surface area (Å²) in [5, 5.41) is 2.80. The summed E-state index contributed by atoms with van der Waals surface area (Å²) in [6.45, 7) is 2.03. The van der Waals surface area contributed by atoms with E-state index in [-0.39, 0.29) is 11.7 Å². The summed E-state index contributed by atoms with van der Waals surface area (Å²) in [4.78, 5) is 12.4. The van der Waals surface area contributed by atoms with Gasteiger partial charge in [0.25, 0.3) is 5.91 Å². The highest BCUT2D eigenvalue weighted by Gasteiger charge is 2.09. The quantitative estimate of drug-likeness (QED) is 0.581. The fourth-order valence-electron chi connectivity index (χ4n) is 2.52. The Morgan fingerprint density at radius 1 is 0.862 bits per heavy atom. The first-order chi connectivity index (χ1) is 13.9. The summed E-state index contributed by atoms with van der Waals surface area (Å²) >= 11 is 0. The summed E-state index contributed by atoms with van der Waals surface area (Å²) in [6, 6.07) is 23.2. The first-order valence-corrected chi connectivity index (χ1v) is 10.8. The van der Waals surface area contributed by atoms with Gasteiger partial charge >= 0.3 is 0 Å². The molecule has 0 aliphatic heterocycles. The van der Waals surface area contributed by atoms with E-state index in [1.807, 2.05) is 30.3 Å². The fourth-order valence-corrected chi connectivity index (χ4v) is 3.16. The number of amides is 1. The molecule has 3 aromatic rings. The van der Waals surface area contributed by atoms with Gasteiger partial charge in [0, 0.05) is 16.9 Å². The number of hydrogen-bond donors (Lipinski definition) is 2. The number of hydrogen-bond acceptors (Lipinski definition) is 4. The van der Waals surface area contributed by atoms with E-state index in [2.05, 4.69) is 10.0 Å². The van der Waals surface area contributed by atoms with Crippen molar-refractivity contribution in [3.8, 4) is 5.75 Å². The second kappa shape index (κ2) is 9.25. The molecular formula is C22H22N2O4S. The second-order valence-electron chi connectivity index (χ2n) is 6.34. The Morgan fingerprint density at radius 2 is 1.48 bits per heavy atom. The van der Waals surface area contributed by atoms with Gasteiger partial charge in [0.05, 0.1) is 5.75 Å². The number of benzene rings is 3. The summed E-state index contributed by atoms with van der Waals surface area (Å²) in [6.07, 6.45) is 0. The summed E-state index contributed by atoms with van der Waals surface area (Å²) < 4.78 is 31.3. The minimum atomic E-state index is -3.34. The molecular weight excluding hydrogens is 388 g/mol. The number of ether oxygens (including phenoxy) is 1. The lowest BCUT2D eigenvalue weighted by atomic mass is 10.2. The maximum absolute atomic E-state index is 12.4. The molecule has 0 bridgehead atoms. The topological polar surface area (TPSA) is 84.5 Å². The van der Waals surface area contributed by atoms with E-state index in [0.29, 0.717) is 29.3 Å². The predicted molar refractivity (Wildman–Crippen MR) is 115 cm³/mol. The zero-order valence-electron chi connectivity index (χ0n) is 16.0. The van der Waals surface area contributed by atoms with Gasteiger partial charge < -0.3 is 10.1 Å². The third kappa shape index (κ3) is 6.08. The van der Waals surface area contributed by atoms with Crippen molar-refractivity contribution in [2.45, 2.75) is 13.5 Å². The van der Waals surface area contributed by atoms with Gasteiger partial charge in [0.1, 0.15) is 12.4 Å². The van der Waals surface area contributed by atoms with Crippen molar-refractivity contribution in [2.75, 3.05) is 15.8 Å². The van der Waals surface area contributed by atoms with Crippen LogP contribution in [0.4, 0.5) is 11.4 Å². The molecule has 0 saturated heterocycles. The van der Waals surface area contributed by atoms with Crippen molar-refractivity contribution >= 4 is 27.3 Å². The molecule has 3 aromatic carbocycles. The molecule has 0 radical (unpaired) electrons. The summed E-state index contributed by atoms with van der Waals surface area (Å²) in [5.41, 5.74) is 2.56. The van der Waals surface area contributed by atoms with Crippen LogP contribution in [0.5, 0.6) is 5.75 Å². The molecule has 1 amide bonds. The van der Waals surface area contributed by atoms with Crippen LogP contribution in [0.25, 0.3) is 0 Å². The van der Waals surface area contributed by atoms with Crippen LogP contribution in [0.3, 0.4) is 0 Å². The van der Waals surface area contributed by atoms with Gasteiger partial charge in [-0.05, 0) is 61.0 Å². The van der Waals surface area contributed by atoms with Gasteiger partial charge in [0.2, 0.25) is 10.0 Å². The van der Waals surface area contributed by atoms with Crippen molar-refractivity contribution in [2.24, 2.45) is 0 Å². The van der Waals surface area contributed by atoms with E-state index >= 15 is 0 Å². The van der Waals surface area contributed by atoms with Crippen molar-refractivity contribution in [1.82, 2.24) is 0 Å². The summed E-state index contributed by atoms with van der Waals surface area (Å²) in [5.74, 6) is 0.410. The molecule has 0 unspecified atom stereocenters. The molecule has 0 saturated carbocycles. The minimum Gasteiger partial charge on any atom is -0.489 e. The Bertz CT molecular complexity index is 1050. The lowest BCUT2D eigenvalue weighted by molar-refractivity contribution is 0.102. The highest BCUT2D eigenvalue weighted by Crippen LogP contribution is 2.18. The van der Waals surface area contributed by atoms with Crippen molar-refractivity contribution < 1.29 is 17.9 Å². The van der Waals surface area contributed by atoms with Crippen molar-refractivity contribution in [3.63, 3.8) is 0 Å². The Labute approximate surface area is 170 Å². The predicted octanol–water partition coefficient (Wildman–Crippen LogP) is 4.28. The van der Waals surface area contributed by atoms with Crippen LogP contribution in [-0.4, -0.2) is 20.1 Å². The number of sulfonamides is 1. The van der Waals surface area contributed by atoms with E-state index < -0.39 is 10.0 Å². The fraction of sp³-hybridized carbons (Fsp3) is 0.136. The number of carbonyl (C=O) groups excluding carboxylic acids is 1. The van der Waals surface area contributed by atoms with Crippen LogP contribution in [0.2, 0.25) is 0 Å². The number of carbonyl (C=O) groups is 1. The van der Waals surface area contributed by atoms with E-state index in [1.54, 1.807) is 55.5 Å². The molecule has 29 heavy (non-hydrogen) atoms. The third-order valence-corrected chi connectivity index (χ3v) is 5.47. The Kier molecular flexibility index (Phi) is 6.51. The smallest absolute Gasteiger partial charge is 0.255 e. The zero-order valence-corrected chi connectivity index (χ0v) is 16.8. The molecule has 150 valence electrons. The molecule has 0 heterocycles. The average molecular weight is 410 g/mol. The van der Waals surface area contributed by atoms with E-state index in [4.69, 9.17) is 4.74 Å². The Hall–Kier alpha value is -3.32. The first kappa shape index (κ1) is 20.4. The molecule has 6 nitrogen and oxygen atoms in total. The highest BCUT2D eigenvalue weighted by molar-refractivity contribution is 7.92. The standard InChI is InChI=1S/C22H22N2O4S/c1-2-29(26,27)24-20-10-8-18(9-11-20)22(25)23-19-12-14-21(15-13-19)28-16-17-6-4-3-5-7-17/h3-15,24H,2,16H2,1H3,(H,23,25). The molecule has 7 heteroatoms. The largest absolute Gasteiger partial charge is 0.489 e. The van der Waals surface area contributed by atoms with E-state index in [0.717, 1.165) is 5.56 Å². The zero-order chi connectivity index (χ0) is 20.7. The van der Waals surface area contributed by atoms with Crippen LogP contribution in [0, 0.1) is 0 Å². The van der Waals surface area contributed by atoms with Gasteiger partial charge in [-0.25, -0.2) is 8.42 Å². The van der Waals surface area contributed by atoms with Crippen LogP contribution >= 0.6 is 0 Å². The molecule has 0 aromatic heterocycles. The van der Waals surface area contributed by atoms with Gasteiger partial charge in [-0.3, -0.25) is 9.52 Å². The van der Waals surface area contributed by atoms with E-state index in [1.165, 1.54) is 0 Å². The highest BCUT2D eigenvalue weighted by atomic mass is 32.2. The Morgan fingerprint density at radius 3 is 2.10 bits per heavy atom. The number of anilines is 2.